The highest BCUT2D eigenvalue weighted by Gasteiger charge is 2.35. The molecule has 3 aromatic rings. The first kappa shape index (κ1) is 21.5. The molecule has 1 saturated heterocycles. The minimum atomic E-state index is -0.431. The largest absolute Gasteiger partial charge is 0.494 e. The van der Waals surface area contributed by atoms with E-state index in [1.807, 2.05) is 63.2 Å². The first-order valence-electron chi connectivity index (χ1n) is 10.6. The molecular weight excluding hydrogens is 408 g/mol. The Bertz CT molecular complexity index is 1130. The van der Waals surface area contributed by atoms with Gasteiger partial charge in [-0.15, -0.1) is 5.10 Å². The summed E-state index contributed by atoms with van der Waals surface area (Å²) in [7, 11) is 0. The Morgan fingerprint density at radius 1 is 1.12 bits per heavy atom. The predicted molar refractivity (Wildman–Crippen MR) is 119 cm³/mol. The summed E-state index contributed by atoms with van der Waals surface area (Å²) in [6, 6.07) is 13.3. The SMILES string of the molecule is CCOc1ccc(N2C[C@H](C(=O)NCc3nnnn3-c3ccc(C)c(C)c3)CC2=O)cc1. The van der Waals surface area contributed by atoms with Crippen LogP contribution in [0.2, 0.25) is 0 Å². The summed E-state index contributed by atoms with van der Waals surface area (Å²) in [4.78, 5) is 26.9. The van der Waals surface area contributed by atoms with E-state index in [1.54, 1.807) is 9.58 Å². The van der Waals surface area contributed by atoms with Crippen LogP contribution in [0, 0.1) is 19.8 Å². The fraction of sp³-hybridized carbons (Fsp3) is 0.348. The van der Waals surface area contributed by atoms with Gasteiger partial charge in [-0.25, -0.2) is 0 Å². The second kappa shape index (κ2) is 9.17. The van der Waals surface area contributed by atoms with Crippen LogP contribution in [0.4, 0.5) is 5.69 Å². The maximum Gasteiger partial charge on any atom is 0.227 e. The fourth-order valence-corrected chi connectivity index (χ4v) is 3.71. The second-order valence-electron chi connectivity index (χ2n) is 7.83. The van der Waals surface area contributed by atoms with Crippen molar-refractivity contribution in [2.45, 2.75) is 33.7 Å². The zero-order valence-corrected chi connectivity index (χ0v) is 18.4. The van der Waals surface area contributed by atoms with Crippen molar-refractivity contribution in [2.75, 3.05) is 18.1 Å². The number of amides is 2. The quantitative estimate of drug-likeness (QED) is 0.612. The van der Waals surface area contributed by atoms with Gasteiger partial charge in [0.2, 0.25) is 11.8 Å². The van der Waals surface area contributed by atoms with Crippen LogP contribution in [0.15, 0.2) is 42.5 Å². The topological polar surface area (TPSA) is 102 Å². The normalized spacial score (nSPS) is 15.8. The van der Waals surface area contributed by atoms with E-state index in [0.29, 0.717) is 19.0 Å². The number of rotatable bonds is 7. The van der Waals surface area contributed by atoms with Crippen molar-refractivity contribution in [3.8, 4) is 11.4 Å². The molecule has 1 N–H and O–H groups in total. The average molecular weight is 435 g/mol. The van der Waals surface area contributed by atoms with Crippen molar-refractivity contribution in [2.24, 2.45) is 5.92 Å². The fourth-order valence-electron chi connectivity index (χ4n) is 3.71. The first-order chi connectivity index (χ1) is 15.5. The van der Waals surface area contributed by atoms with Crippen molar-refractivity contribution < 1.29 is 14.3 Å². The van der Waals surface area contributed by atoms with Crippen molar-refractivity contribution in [1.29, 1.82) is 0 Å². The predicted octanol–water partition coefficient (Wildman–Crippen LogP) is 2.35. The van der Waals surface area contributed by atoms with E-state index in [-0.39, 0.29) is 24.8 Å². The van der Waals surface area contributed by atoms with Gasteiger partial charge in [0, 0.05) is 18.7 Å². The molecule has 1 aromatic heterocycles. The average Bonchev–Trinajstić information content (AvgIpc) is 3.41. The summed E-state index contributed by atoms with van der Waals surface area (Å²) < 4.78 is 7.06. The van der Waals surface area contributed by atoms with Crippen LogP contribution in [0.25, 0.3) is 5.69 Å². The number of ether oxygens (including phenoxy) is 1. The van der Waals surface area contributed by atoms with E-state index in [1.165, 1.54) is 5.56 Å². The van der Waals surface area contributed by atoms with Gasteiger partial charge in [0.15, 0.2) is 5.82 Å². The molecular formula is C23H26N6O3. The number of carbonyl (C=O) groups is 2. The molecule has 1 aliphatic rings. The van der Waals surface area contributed by atoms with Gasteiger partial charge in [0.25, 0.3) is 0 Å². The molecule has 0 radical (unpaired) electrons. The summed E-state index contributed by atoms with van der Waals surface area (Å²) in [5.74, 6) is 0.573. The standard InChI is InChI=1S/C23H26N6O3/c1-4-32-20-9-7-18(8-10-20)28-14-17(12-22(28)30)23(31)24-13-21-25-26-27-29(21)19-6-5-15(2)16(3)11-19/h5-11,17H,4,12-14H2,1-3H3,(H,24,31)/t17-/m1/s1. The number of nitrogens with zero attached hydrogens (tertiary/aromatic N) is 5. The molecule has 166 valence electrons. The highest BCUT2D eigenvalue weighted by Crippen LogP contribution is 2.27. The summed E-state index contributed by atoms with van der Waals surface area (Å²) in [6.45, 7) is 7.07. The van der Waals surface area contributed by atoms with Crippen molar-refractivity contribution >= 4 is 17.5 Å². The molecule has 32 heavy (non-hydrogen) atoms. The van der Waals surface area contributed by atoms with Crippen molar-refractivity contribution in [1.82, 2.24) is 25.5 Å². The molecule has 9 heteroatoms. The molecule has 0 saturated carbocycles. The van der Waals surface area contributed by atoms with E-state index < -0.39 is 5.92 Å². The molecule has 1 aliphatic heterocycles. The lowest BCUT2D eigenvalue weighted by molar-refractivity contribution is -0.126. The third-order valence-electron chi connectivity index (χ3n) is 5.65. The number of nitrogens with one attached hydrogen (secondary N) is 1. The van der Waals surface area contributed by atoms with Crippen LogP contribution in [-0.4, -0.2) is 45.2 Å². The van der Waals surface area contributed by atoms with Gasteiger partial charge in [0.05, 0.1) is 24.8 Å². The third kappa shape index (κ3) is 4.46. The van der Waals surface area contributed by atoms with E-state index in [0.717, 1.165) is 22.7 Å². The van der Waals surface area contributed by atoms with Crippen molar-refractivity contribution in [3.05, 3.63) is 59.4 Å². The molecule has 0 spiro atoms. The Balaban J connectivity index is 1.39. The number of aryl methyl sites for hydroxylation is 2. The maximum absolute atomic E-state index is 12.8. The van der Waals surface area contributed by atoms with Crippen LogP contribution in [-0.2, 0) is 16.1 Å². The van der Waals surface area contributed by atoms with E-state index in [2.05, 4.69) is 20.8 Å². The number of benzene rings is 2. The molecule has 4 rings (SSSR count). The Morgan fingerprint density at radius 2 is 1.88 bits per heavy atom. The number of tetrazole rings is 1. The van der Waals surface area contributed by atoms with Gasteiger partial charge in [-0.2, -0.15) is 4.68 Å². The number of hydrogen-bond donors (Lipinski definition) is 1. The number of hydrogen-bond acceptors (Lipinski definition) is 6. The molecule has 1 fully saturated rings. The Morgan fingerprint density at radius 3 is 2.59 bits per heavy atom. The van der Waals surface area contributed by atoms with Gasteiger partial charge in [-0.1, -0.05) is 6.07 Å². The van der Waals surface area contributed by atoms with E-state index in [9.17, 15) is 9.59 Å². The van der Waals surface area contributed by atoms with Crippen LogP contribution in [0.1, 0.15) is 30.3 Å². The zero-order valence-electron chi connectivity index (χ0n) is 18.4. The summed E-state index contributed by atoms with van der Waals surface area (Å²) in [5, 5.41) is 14.7. The van der Waals surface area contributed by atoms with E-state index in [4.69, 9.17) is 4.74 Å². The third-order valence-corrected chi connectivity index (χ3v) is 5.65. The lowest BCUT2D eigenvalue weighted by Gasteiger charge is -2.17. The summed E-state index contributed by atoms with van der Waals surface area (Å²) >= 11 is 0. The minimum absolute atomic E-state index is 0.0747. The summed E-state index contributed by atoms with van der Waals surface area (Å²) in [5.41, 5.74) is 3.90. The lowest BCUT2D eigenvalue weighted by atomic mass is 10.1. The van der Waals surface area contributed by atoms with Crippen molar-refractivity contribution in [3.63, 3.8) is 0 Å². The van der Waals surface area contributed by atoms with Gasteiger partial charge in [-0.3, -0.25) is 9.59 Å². The first-order valence-corrected chi connectivity index (χ1v) is 10.6. The maximum atomic E-state index is 12.8. The van der Waals surface area contributed by atoms with Gasteiger partial charge < -0.3 is 15.0 Å². The number of carbonyl (C=O) groups excluding carboxylic acids is 2. The minimum Gasteiger partial charge on any atom is -0.494 e. The van der Waals surface area contributed by atoms with E-state index >= 15 is 0 Å². The van der Waals surface area contributed by atoms with Crippen LogP contribution >= 0.6 is 0 Å². The molecule has 0 unspecified atom stereocenters. The molecule has 2 amide bonds. The molecule has 0 bridgehead atoms. The molecule has 2 aromatic carbocycles. The zero-order chi connectivity index (χ0) is 22.7. The molecule has 1 atom stereocenters. The smallest absolute Gasteiger partial charge is 0.227 e. The van der Waals surface area contributed by atoms with Gasteiger partial charge >= 0.3 is 0 Å². The van der Waals surface area contributed by atoms with Crippen LogP contribution in [0.5, 0.6) is 5.75 Å². The number of aromatic nitrogens is 4. The van der Waals surface area contributed by atoms with Gasteiger partial charge in [-0.05, 0) is 78.7 Å². The Kier molecular flexibility index (Phi) is 6.16. The molecule has 2 heterocycles. The highest BCUT2D eigenvalue weighted by atomic mass is 16.5. The Hall–Kier alpha value is -3.75. The monoisotopic (exact) mass is 434 g/mol. The van der Waals surface area contributed by atoms with Crippen LogP contribution < -0.4 is 15.0 Å². The summed E-state index contributed by atoms with van der Waals surface area (Å²) in [6.07, 6.45) is 0.168. The Labute approximate surface area is 186 Å². The highest BCUT2D eigenvalue weighted by molar-refractivity contribution is 6.00. The lowest BCUT2D eigenvalue weighted by Crippen LogP contribution is -2.33. The van der Waals surface area contributed by atoms with Crippen LogP contribution in [0.3, 0.4) is 0 Å². The molecule has 0 aliphatic carbocycles. The number of anilines is 1. The molecule has 9 nitrogen and oxygen atoms in total. The van der Waals surface area contributed by atoms with Gasteiger partial charge in [0.1, 0.15) is 5.75 Å². The second-order valence-corrected chi connectivity index (χ2v) is 7.83.